The summed E-state index contributed by atoms with van der Waals surface area (Å²) in [4.78, 5) is 10.2. The highest BCUT2D eigenvalue weighted by molar-refractivity contribution is 6.27. The van der Waals surface area contributed by atoms with E-state index in [2.05, 4.69) is 241 Å². The molecule has 3 heterocycles. The van der Waals surface area contributed by atoms with Crippen LogP contribution in [0.1, 0.15) is 0 Å². The third kappa shape index (κ3) is 6.76. The second kappa shape index (κ2) is 16.0. The Morgan fingerprint density at radius 3 is 1.21 bits per heavy atom. The van der Waals surface area contributed by atoms with Gasteiger partial charge in [0.1, 0.15) is 0 Å². The molecular weight excluding hydrogens is 811 g/mol. The average molecular weight is 852 g/mol. The molecule has 13 rings (SSSR count). The molecule has 0 bridgehead atoms. The largest absolute Gasteiger partial charge is 0.308 e. The van der Waals surface area contributed by atoms with Crippen LogP contribution in [0.3, 0.4) is 0 Å². The van der Waals surface area contributed by atoms with Crippen LogP contribution in [0, 0.1) is 0 Å². The van der Waals surface area contributed by atoms with E-state index in [1.54, 1.807) is 0 Å². The van der Waals surface area contributed by atoms with E-state index < -0.39 is 0 Å². The van der Waals surface area contributed by atoms with Gasteiger partial charge < -0.3 is 4.40 Å². The van der Waals surface area contributed by atoms with Gasteiger partial charge in [-0.3, -0.25) is 0 Å². The van der Waals surface area contributed by atoms with Crippen LogP contribution in [-0.4, -0.2) is 14.4 Å². The highest BCUT2D eigenvalue weighted by Crippen LogP contribution is 2.44. The third-order valence-electron chi connectivity index (χ3n) is 13.3. The van der Waals surface area contributed by atoms with Crippen molar-refractivity contribution in [2.45, 2.75) is 0 Å². The highest BCUT2D eigenvalue weighted by Gasteiger charge is 2.21. The molecule has 67 heavy (non-hydrogen) atoms. The molecule has 10 aromatic carbocycles. The molecule has 0 saturated heterocycles. The van der Waals surface area contributed by atoms with Crippen LogP contribution in [-0.2, 0) is 0 Å². The Bertz CT molecular complexity index is 3910. The molecular formula is C64H41N3. The lowest BCUT2D eigenvalue weighted by Crippen LogP contribution is -1.96. The quantitative estimate of drug-likeness (QED) is 0.152. The Hall–Kier alpha value is -8.92. The zero-order valence-electron chi connectivity index (χ0n) is 36.5. The fourth-order valence-corrected chi connectivity index (χ4v) is 10.1. The summed E-state index contributed by atoms with van der Waals surface area (Å²) in [5.41, 5.74) is 20.5. The number of aromatic nitrogens is 3. The second-order valence-corrected chi connectivity index (χ2v) is 17.4. The minimum absolute atomic E-state index is 0.700. The van der Waals surface area contributed by atoms with Gasteiger partial charge in [0.2, 0.25) is 0 Å². The van der Waals surface area contributed by atoms with E-state index in [4.69, 9.17) is 9.97 Å². The van der Waals surface area contributed by atoms with Gasteiger partial charge in [-0.05, 0) is 98.1 Å². The van der Waals surface area contributed by atoms with E-state index in [1.807, 2.05) is 12.1 Å². The van der Waals surface area contributed by atoms with Gasteiger partial charge in [0.25, 0.3) is 0 Å². The number of benzene rings is 10. The van der Waals surface area contributed by atoms with Crippen molar-refractivity contribution in [3.05, 3.63) is 249 Å². The normalized spacial score (nSPS) is 11.6. The minimum atomic E-state index is 0.700. The third-order valence-corrected chi connectivity index (χ3v) is 13.3. The zero-order chi connectivity index (χ0) is 44.3. The summed E-state index contributed by atoms with van der Waals surface area (Å²) in [6, 6.07) is 89.3. The molecule has 0 saturated carbocycles. The van der Waals surface area contributed by atoms with E-state index in [1.165, 1.54) is 77.0 Å². The summed E-state index contributed by atoms with van der Waals surface area (Å²) in [6.07, 6.45) is 0. The van der Waals surface area contributed by atoms with Crippen molar-refractivity contribution >= 4 is 38.1 Å². The van der Waals surface area contributed by atoms with Crippen molar-refractivity contribution in [2.24, 2.45) is 0 Å². The van der Waals surface area contributed by atoms with Crippen molar-refractivity contribution in [3.8, 4) is 89.5 Å². The van der Waals surface area contributed by atoms with Crippen LogP contribution in [0.4, 0.5) is 0 Å². The maximum Gasteiger partial charge on any atom is 0.160 e. The molecule has 0 fully saturated rings. The number of nitrogens with zero attached hydrogens (tertiary/aromatic N) is 3. The summed E-state index contributed by atoms with van der Waals surface area (Å²) in [5, 5.41) is 5.16. The topological polar surface area (TPSA) is 30.2 Å². The van der Waals surface area contributed by atoms with Crippen LogP contribution in [0.25, 0.3) is 128 Å². The SMILES string of the molecule is c1ccc(-c2cc(-c3ccccc3)nc(-c3cccc(-c4cccc(-c5cccc(-c6cccc(-c7ccc8c9ccc(-c%10ccccc%10)c%10c%11ccccc%11n(c8c7)c9%10)c6)c5)c4)c3)n2)cc1. The molecule has 0 spiro atoms. The van der Waals surface area contributed by atoms with Crippen molar-refractivity contribution in [1.29, 1.82) is 0 Å². The number of fused-ring (bicyclic) bond motifs is 6. The molecule has 0 aliphatic heterocycles. The lowest BCUT2D eigenvalue weighted by atomic mass is 9.94. The van der Waals surface area contributed by atoms with Gasteiger partial charge >= 0.3 is 0 Å². The van der Waals surface area contributed by atoms with Gasteiger partial charge in [0, 0.05) is 38.2 Å². The van der Waals surface area contributed by atoms with E-state index >= 15 is 0 Å². The van der Waals surface area contributed by atoms with Crippen molar-refractivity contribution in [1.82, 2.24) is 14.4 Å². The van der Waals surface area contributed by atoms with Gasteiger partial charge in [0.15, 0.2) is 5.82 Å². The Morgan fingerprint density at radius 2 is 0.672 bits per heavy atom. The molecule has 0 aliphatic carbocycles. The van der Waals surface area contributed by atoms with Crippen LogP contribution < -0.4 is 0 Å². The van der Waals surface area contributed by atoms with Crippen LogP contribution >= 0.6 is 0 Å². The summed E-state index contributed by atoms with van der Waals surface area (Å²) in [7, 11) is 0. The molecule has 0 atom stereocenters. The van der Waals surface area contributed by atoms with E-state index in [0.29, 0.717) is 5.82 Å². The molecule has 0 N–H and O–H groups in total. The van der Waals surface area contributed by atoms with Gasteiger partial charge in [-0.15, -0.1) is 0 Å². The first-order chi connectivity index (χ1) is 33.2. The molecule has 3 heteroatoms. The van der Waals surface area contributed by atoms with Gasteiger partial charge in [-0.2, -0.15) is 0 Å². The van der Waals surface area contributed by atoms with Crippen LogP contribution in [0.15, 0.2) is 249 Å². The summed E-state index contributed by atoms with van der Waals surface area (Å²) in [5.74, 6) is 0.700. The molecule has 0 aliphatic rings. The van der Waals surface area contributed by atoms with Gasteiger partial charge in [-0.25, -0.2) is 9.97 Å². The maximum atomic E-state index is 5.10. The Morgan fingerprint density at radius 1 is 0.254 bits per heavy atom. The van der Waals surface area contributed by atoms with E-state index in [9.17, 15) is 0 Å². The van der Waals surface area contributed by atoms with E-state index in [0.717, 1.165) is 44.8 Å². The monoisotopic (exact) mass is 851 g/mol. The number of hydrogen-bond acceptors (Lipinski definition) is 2. The number of hydrogen-bond donors (Lipinski definition) is 0. The molecule has 0 unspecified atom stereocenters. The summed E-state index contributed by atoms with van der Waals surface area (Å²) < 4.78 is 2.49. The fourth-order valence-electron chi connectivity index (χ4n) is 10.1. The Kier molecular flexibility index (Phi) is 9.17. The lowest BCUT2D eigenvalue weighted by molar-refractivity contribution is 1.18. The molecule has 0 amide bonds. The first kappa shape index (κ1) is 38.5. The predicted molar refractivity (Wildman–Crippen MR) is 280 cm³/mol. The van der Waals surface area contributed by atoms with Crippen LogP contribution in [0.2, 0.25) is 0 Å². The lowest BCUT2D eigenvalue weighted by Gasteiger charge is -2.12. The summed E-state index contributed by atoms with van der Waals surface area (Å²) >= 11 is 0. The number of rotatable bonds is 8. The van der Waals surface area contributed by atoms with Gasteiger partial charge in [-0.1, -0.05) is 206 Å². The Labute approximate surface area is 388 Å². The molecule has 0 radical (unpaired) electrons. The van der Waals surface area contributed by atoms with E-state index in [-0.39, 0.29) is 0 Å². The maximum absolute atomic E-state index is 5.10. The molecule has 13 aromatic rings. The van der Waals surface area contributed by atoms with Crippen molar-refractivity contribution in [3.63, 3.8) is 0 Å². The zero-order valence-corrected chi connectivity index (χ0v) is 36.5. The van der Waals surface area contributed by atoms with Crippen molar-refractivity contribution < 1.29 is 0 Å². The molecule has 3 aromatic heterocycles. The van der Waals surface area contributed by atoms with Crippen molar-refractivity contribution in [2.75, 3.05) is 0 Å². The Balaban J connectivity index is 0.838. The molecule has 312 valence electrons. The smallest absolute Gasteiger partial charge is 0.160 e. The van der Waals surface area contributed by atoms with Crippen LogP contribution in [0.5, 0.6) is 0 Å². The second-order valence-electron chi connectivity index (χ2n) is 17.4. The molecule has 3 nitrogen and oxygen atoms in total. The first-order valence-electron chi connectivity index (χ1n) is 22.9. The standard InChI is InChI=1S/C64H41N3/c1-4-16-42(17-5-1)54-34-35-56-55-33-32-52(40-61(55)67-60-31-11-10-30-57(60)62(54)63(56)67)50-27-14-25-48(38-50)46-23-12-22-45(36-46)47-24-13-26-49(37-47)51-28-15-29-53(39-51)64-65-58(43-18-6-2-7-19-43)41-59(66-64)44-20-8-3-9-21-44/h1-41H. The first-order valence-corrected chi connectivity index (χ1v) is 22.9. The minimum Gasteiger partial charge on any atom is -0.308 e. The average Bonchev–Trinajstić information content (AvgIpc) is 3.94. The summed E-state index contributed by atoms with van der Waals surface area (Å²) in [6.45, 7) is 0. The number of para-hydroxylation sites is 1. The van der Waals surface area contributed by atoms with Gasteiger partial charge in [0.05, 0.1) is 27.9 Å². The predicted octanol–water partition coefficient (Wildman–Crippen LogP) is 17.0. The fraction of sp³-hybridized carbons (Fsp3) is 0. The highest BCUT2D eigenvalue weighted by atomic mass is 14.9.